The van der Waals surface area contributed by atoms with Crippen LogP contribution < -0.4 is 14.2 Å². The maximum absolute atomic E-state index is 12.9. The van der Waals surface area contributed by atoms with E-state index >= 15 is 0 Å². The second kappa shape index (κ2) is 21.9. The second-order valence-electron chi connectivity index (χ2n) is 15.3. The molecule has 0 amide bonds. The number of rotatable bonds is 21. The summed E-state index contributed by atoms with van der Waals surface area (Å²) in [5, 5.41) is 0.334. The van der Waals surface area contributed by atoms with Gasteiger partial charge in [0, 0.05) is 17.4 Å². The Morgan fingerprint density at radius 3 is 1.77 bits per heavy atom. The molecular weight excluding hydrogens is 809 g/mol. The average molecular weight is 868 g/mol. The zero-order valence-electron chi connectivity index (χ0n) is 35.2. The number of hydrogen-bond acceptors (Lipinski definition) is 11. The standard InChI is InChI=1S/C46H58O12S2/c1-7-42-32(3)41(54-26-34-15-21-38(51-5)22-16-34)30-59(42)29-31(2)43(58-60(47,48)49)45(55-27-35-17-23-39(52-6)24-18-35)44-40(53-25-33-13-19-37(50-4)20-14-33)28-56-46(57-44)36-11-9-8-10-12-36/h8-24,31-32,40-46H,7,25-30H2,1-6H3/p+1/t31-,32+,40+,41-,42-,43-,44-,45+,46?,59?/m1/s1. The van der Waals surface area contributed by atoms with Gasteiger partial charge in [0.1, 0.15) is 64.5 Å². The fourth-order valence-electron chi connectivity index (χ4n) is 7.98. The van der Waals surface area contributed by atoms with E-state index in [1.807, 2.05) is 110 Å². The summed E-state index contributed by atoms with van der Waals surface area (Å²) >= 11 is 0. The maximum Gasteiger partial charge on any atom is 0.397 e. The first-order valence-corrected chi connectivity index (χ1v) is 23.3. The van der Waals surface area contributed by atoms with Crippen LogP contribution in [0.3, 0.4) is 0 Å². The minimum Gasteiger partial charge on any atom is -0.497 e. The van der Waals surface area contributed by atoms with Gasteiger partial charge in [-0.1, -0.05) is 87.5 Å². The Morgan fingerprint density at radius 1 is 0.750 bits per heavy atom. The SMILES string of the molecule is CC[C@@H]1[C@@H](C)[C@H](OCc2ccc(OC)cc2)C[S+]1C[C@@H](C)[C@@H](OS(=O)(=O)O)[C@H](OCc1ccc(OC)cc1)[C@@H]1OC(c2ccccc2)OC[C@@H]1OCc1ccc(OC)cc1. The number of hydrogen-bond donors (Lipinski definition) is 1. The predicted octanol–water partition coefficient (Wildman–Crippen LogP) is 7.75. The molecule has 60 heavy (non-hydrogen) atoms. The van der Waals surface area contributed by atoms with E-state index in [0.717, 1.165) is 45.9 Å². The Kier molecular flexibility index (Phi) is 16.7. The van der Waals surface area contributed by atoms with Crippen LogP contribution >= 0.6 is 0 Å². The van der Waals surface area contributed by atoms with E-state index in [4.69, 9.17) is 42.1 Å². The molecule has 2 fully saturated rings. The van der Waals surface area contributed by atoms with Gasteiger partial charge < -0.3 is 37.9 Å². The topological polar surface area (TPSA) is 137 Å². The van der Waals surface area contributed by atoms with Gasteiger partial charge in [-0.15, -0.1) is 0 Å². The van der Waals surface area contributed by atoms with Crippen LogP contribution in [0.15, 0.2) is 103 Å². The van der Waals surface area contributed by atoms with Crippen LogP contribution in [-0.2, 0) is 69.0 Å². The summed E-state index contributed by atoms with van der Waals surface area (Å²) in [5.41, 5.74) is 3.54. The van der Waals surface area contributed by atoms with Crippen molar-refractivity contribution in [1.82, 2.24) is 0 Å². The zero-order valence-corrected chi connectivity index (χ0v) is 36.8. The maximum atomic E-state index is 12.9. The van der Waals surface area contributed by atoms with Crippen molar-refractivity contribution in [3.05, 3.63) is 125 Å². The molecule has 4 aromatic carbocycles. The number of ether oxygens (including phenoxy) is 8. The summed E-state index contributed by atoms with van der Waals surface area (Å²) in [7, 11) is -0.304. The Hall–Kier alpha value is -3.70. The number of benzene rings is 4. The van der Waals surface area contributed by atoms with Crippen LogP contribution in [0.25, 0.3) is 0 Å². The molecule has 0 saturated carbocycles. The Bertz CT molecular complexity index is 1980. The third kappa shape index (κ3) is 12.5. The third-order valence-corrected chi connectivity index (χ3v) is 15.1. The van der Waals surface area contributed by atoms with Crippen molar-refractivity contribution in [2.75, 3.05) is 39.4 Å². The predicted molar refractivity (Wildman–Crippen MR) is 231 cm³/mol. The smallest absolute Gasteiger partial charge is 0.397 e. The van der Waals surface area contributed by atoms with Crippen LogP contribution in [0.2, 0.25) is 0 Å². The summed E-state index contributed by atoms with van der Waals surface area (Å²) in [4.78, 5) is 0. The van der Waals surface area contributed by atoms with Crippen LogP contribution in [0.5, 0.6) is 17.2 Å². The van der Waals surface area contributed by atoms with E-state index in [0.29, 0.717) is 23.4 Å². The van der Waals surface area contributed by atoms with Gasteiger partial charge in [-0.2, -0.15) is 8.42 Å². The first-order chi connectivity index (χ1) is 29.0. The fraction of sp³-hybridized carbons (Fsp3) is 0.478. The lowest BCUT2D eigenvalue weighted by Crippen LogP contribution is -2.56. The quantitative estimate of drug-likeness (QED) is 0.0648. The van der Waals surface area contributed by atoms with Crippen molar-refractivity contribution in [3.63, 3.8) is 0 Å². The molecule has 326 valence electrons. The van der Waals surface area contributed by atoms with Gasteiger partial charge in [-0.25, -0.2) is 4.18 Å². The Morgan fingerprint density at radius 2 is 1.27 bits per heavy atom. The van der Waals surface area contributed by atoms with E-state index in [1.165, 1.54) is 0 Å². The van der Waals surface area contributed by atoms with Crippen molar-refractivity contribution >= 4 is 21.3 Å². The molecule has 1 N–H and O–H groups in total. The summed E-state index contributed by atoms with van der Waals surface area (Å²) < 4.78 is 90.9. The van der Waals surface area contributed by atoms with Crippen LogP contribution in [0.4, 0.5) is 0 Å². The molecule has 2 saturated heterocycles. The van der Waals surface area contributed by atoms with Gasteiger partial charge in [-0.3, -0.25) is 4.55 Å². The van der Waals surface area contributed by atoms with E-state index < -0.39 is 47.0 Å². The van der Waals surface area contributed by atoms with Crippen LogP contribution in [0, 0.1) is 11.8 Å². The number of methoxy groups -OCH3 is 3. The lowest BCUT2D eigenvalue weighted by atomic mass is 9.94. The van der Waals surface area contributed by atoms with E-state index in [9.17, 15) is 13.0 Å². The molecule has 2 unspecified atom stereocenters. The normalized spacial score (nSPS) is 24.7. The monoisotopic (exact) mass is 867 g/mol. The highest BCUT2D eigenvalue weighted by Crippen LogP contribution is 2.38. The van der Waals surface area contributed by atoms with Crippen molar-refractivity contribution in [3.8, 4) is 17.2 Å². The second-order valence-corrected chi connectivity index (χ2v) is 18.7. The van der Waals surface area contributed by atoms with Crippen LogP contribution in [-0.4, -0.2) is 88.2 Å². The van der Waals surface area contributed by atoms with Crippen molar-refractivity contribution in [2.24, 2.45) is 11.8 Å². The minimum atomic E-state index is -4.97. The van der Waals surface area contributed by atoms with Crippen molar-refractivity contribution in [2.45, 2.75) is 89.1 Å². The first-order valence-electron chi connectivity index (χ1n) is 20.4. The zero-order chi connectivity index (χ0) is 42.6. The molecule has 0 aromatic heterocycles. The molecule has 4 aromatic rings. The van der Waals surface area contributed by atoms with Crippen molar-refractivity contribution in [1.29, 1.82) is 0 Å². The van der Waals surface area contributed by atoms with Gasteiger partial charge >= 0.3 is 10.4 Å². The molecule has 14 heteroatoms. The molecule has 0 bridgehead atoms. The van der Waals surface area contributed by atoms with Gasteiger partial charge in [0.2, 0.25) is 0 Å². The molecule has 0 radical (unpaired) electrons. The summed E-state index contributed by atoms with van der Waals surface area (Å²) in [6.07, 6.45) is -3.71. The molecule has 2 heterocycles. The summed E-state index contributed by atoms with van der Waals surface area (Å²) in [6, 6.07) is 32.4. The third-order valence-electron chi connectivity index (χ3n) is 11.3. The average Bonchev–Trinajstić information content (AvgIpc) is 3.57. The van der Waals surface area contributed by atoms with Gasteiger partial charge in [0.25, 0.3) is 0 Å². The lowest BCUT2D eigenvalue weighted by Gasteiger charge is -2.43. The fourth-order valence-corrected chi connectivity index (χ4v) is 12.1. The molecule has 10 atom stereocenters. The molecule has 2 aliphatic rings. The molecule has 0 spiro atoms. The van der Waals surface area contributed by atoms with E-state index in [-0.39, 0.29) is 42.7 Å². The van der Waals surface area contributed by atoms with Gasteiger partial charge in [-0.05, 0) is 70.4 Å². The van der Waals surface area contributed by atoms with E-state index in [2.05, 4.69) is 13.8 Å². The highest BCUT2D eigenvalue weighted by molar-refractivity contribution is 7.97. The van der Waals surface area contributed by atoms with Crippen LogP contribution in [0.1, 0.15) is 55.7 Å². The van der Waals surface area contributed by atoms with Gasteiger partial charge in [0.05, 0.1) is 47.8 Å². The minimum absolute atomic E-state index is 0.0110. The summed E-state index contributed by atoms with van der Waals surface area (Å²) in [6.45, 7) is 7.25. The molecule has 0 aliphatic carbocycles. The highest BCUT2D eigenvalue weighted by atomic mass is 32.3. The summed E-state index contributed by atoms with van der Waals surface area (Å²) in [5.74, 6) is 3.46. The van der Waals surface area contributed by atoms with Crippen molar-refractivity contribution < 1.29 is 55.0 Å². The molecular formula is C46H59O12S2+. The molecule has 2 aliphatic heterocycles. The first kappa shape index (κ1) is 45.8. The molecule has 6 rings (SSSR count). The Labute approximate surface area is 358 Å². The lowest BCUT2D eigenvalue weighted by molar-refractivity contribution is -0.298. The largest absolute Gasteiger partial charge is 0.497 e. The Balaban J connectivity index is 1.30. The van der Waals surface area contributed by atoms with Gasteiger partial charge in [0.15, 0.2) is 6.29 Å². The van der Waals surface area contributed by atoms with E-state index in [1.54, 1.807) is 21.3 Å². The highest BCUT2D eigenvalue weighted by Gasteiger charge is 2.52. The molecule has 12 nitrogen and oxygen atoms in total.